The Labute approximate surface area is 89.5 Å². The summed E-state index contributed by atoms with van der Waals surface area (Å²) in [5.41, 5.74) is 8.56. The molecule has 1 saturated carbocycles. The molecule has 0 saturated heterocycles. The van der Waals surface area contributed by atoms with E-state index in [0.29, 0.717) is 17.3 Å². The number of nitrogens with one attached hydrogen (secondary N) is 1. The number of hydrogen-bond donors (Lipinski definition) is 2. The monoisotopic (exact) mass is 201 g/mol. The van der Waals surface area contributed by atoms with Gasteiger partial charge >= 0.3 is 0 Å². The van der Waals surface area contributed by atoms with E-state index in [9.17, 15) is 0 Å². The molecule has 0 bridgehead atoms. The van der Waals surface area contributed by atoms with E-state index in [4.69, 9.17) is 11.1 Å². The van der Waals surface area contributed by atoms with Crippen LogP contribution in [0.1, 0.15) is 36.9 Å². The molecule has 0 aromatic carbocycles. The van der Waals surface area contributed by atoms with Gasteiger partial charge in [0.2, 0.25) is 0 Å². The number of hydrogen-bond acceptors (Lipinski definition) is 3. The van der Waals surface area contributed by atoms with E-state index >= 15 is 0 Å². The lowest BCUT2D eigenvalue weighted by molar-refractivity contribution is 1.02. The van der Waals surface area contributed by atoms with E-state index < -0.39 is 0 Å². The lowest BCUT2D eigenvalue weighted by Crippen LogP contribution is -2.01. The maximum atomic E-state index is 7.76. The van der Waals surface area contributed by atoms with Gasteiger partial charge in [-0.05, 0) is 38.0 Å². The summed E-state index contributed by atoms with van der Waals surface area (Å²) in [6.07, 6.45) is 5.92. The molecule has 1 aromatic rings. The van der Waals surface area contributed by atoms with Gasteiger partial charge in [-0.1, -0.05) is 0 Å². The first-order valence-corrected chi connectivity index (χ1v) is 5.15. The maximum Gasteiger partial charge on any atom is 0.0644 e. The third-order valence-electron chi connectivity index (χ3n) is 2.46. The van der Waals surface area contributed by atoms with E-state index in [0.717, 1.165) is 11.3 Å². The number of pyridine rings is 1. The second-order valence-electron chi connectivity index (χ2n) is 4.05. The second-order valence-corrected chi connectivity index (χ2v) is 4.05. The Hall–Kier alpha value is -1.64. The zero-order valence-electron chi connectivity index (χ0n) is 8.83. The van der Waals surface area contributed by atoms with E-state index in [1.165, 1.54) is 12.8 Å². The van der Waals surface area contributed by atoms with Crippen molar-refractivity contribution in [2.75, 3.05) is 0 Å². The number of nitrogens with zero attached hydrogens (tertiary/aromatic N) is 1. The van der Waals surface area contributed by atoms with Crippen LogP contribution in [0.5, 0.6) is 0 Å². The molecular weight excluding hydrogens is 186 g/mol. The van der Waals surface area contributed by atoms with Crippen molar-refractivity contribution in [2.45, 2.75) is 25.7 Å². The van der Waals surface area contributed by atoms with Gasteiger partial charge in [0, 0.05) is 29.1 Å². The van der Waals surface area contributed by atoms with Crippen molar-refractivity contribution in [3.8, 4) is 0 Å². The van der Waals surface area contributed by atoms with Crippen LogP contribution in [-0.2, 0) is 0 Å². The topological polar surface area (TPSA) is 62.8 Å². The van der Waals surface area contributed by atoms with Gasteiger partial charge in [0.1, 0.15) is 0 Å². The molecule has 15 heavy (non-hydrogen) atoms. The van der Waals surface area contributed by atoms with Gasteiger partial charge in [-0.3, -0.25) is 4.98 Å². The molecule has 2 rings (SSSR count). The summed E-state index contributed by atoms with van der Waals surface area (Å²) in [5.74, 6) is 0.667. The minimum Gasteiger partial charge on any atom is -0.402 e. The SMILES string of the molecule is C/C(N)=C\C(=N)c1ccc(C2CC2)nc1. The highest BCUT2D eigenvalue weighted by Gasteiger charge is 2.24. The molecule has 1 heterocycles. The Morgan fingerprint density at radius 2 is 2.27 bits per heavy atom. The minimum atomic E-state index is 0.421. The van der Waals surface area contributed by atoms with Crippen LogP contribution in [0.25, 0.3) is 0 Å². The first kappa shape index (κ1) is 9.90. The lowest BCUT2D eigenvalue weighted by atomic mass is 10.1. The Morgan fingerprint density at radius 1 is 1.53 bits per heavy atom. The first-order chi connectivity index (χ1) is 7.16. The van der Waals surface area contributed by atoms with E-state index in [2.05, 4.69) is 4.98 Å². The van der Waals surface area contributed by atoms with Crippen LogP contribution in [0.2, 0.25) is 0 Å². The first-order valence-electron chi connectivity index (χ1n) is 5.15. The Balaban J connectivity index is 2.15. The van der Waals surface area contributed by atoms with Gasteiger partial charge < -0.3 is 11.1 Å². The van der Waals surface area contributed by atoms with Gasteiger partial charge in [-0.2, -0.15) is 0 Å². The molecule has 3 N–H and O–H groups in total. The van der Waals surface area contributed by atoms with Crippen molar-refractivity contribution in [1.82, 2.24) is 4.98 Å². The summed E-state index contributed by atoms with van der Waals surface area (Å²) in [6.45, 7) is 1.78. The Morgan fingerprint density at radius 3 is 2.73 bits per heavy atom. The van der Waals surface area contributed by atoms with Crippen molar-refractivity contribution in [2.24, 2.45) is 5.73 Å². The normalized spacial score (nSPS) is 16.5. The van der Waals surface area contributed by atoms with Crippen molar-refractivity contribution in [3.63, 3.8) is 0 Å². The molecule has 1 aromatic heterocycles. The quantitative estimate of drug-likeness (QED) is 0.736. The molecule has 3 nitrogen and oxygen atoms in total. The summed E-state index contributed by atoms with van der Waals surface area (Å²) in [5, 5.41) is 7.76. The average Bonchev–Trinajstić information content (AvgIpc) is 3.00. The molecule has 3 heteroatoms. The van der Waals surface area contributed by atoms with Crippen molar-refractivity contribution in [3.05, 3.63) is 41.4 Å². The standard InChI is InChI=1S/C12H15N3/c1-8(13)6-11(14)10-4-5-12(15-7-10)9-2-3-9/h4-7,9,14H,2-3,13H2,1H3/b8-6+,14-11?. The third-order valence-corrected chi connectivity index (χ3v) is 2.46. The zero-order valence-corrected chi connectivity index (χ0v) is 8.83. The van der Waals surface area contributed by atoms with E-state index in [1.807, 2.05) is 12.1 Å². The minimum absolute atomic E-state index is 0.421. The van der Waals surface area contributed by atoms with Crippen LogP contribution in [0.15, 0.2) is 30.1 Å². The van der Waals surface area contributed by atoms with Gasteiger partial charge in [0.15, 0.2) is 0 Å². The maximum absolute atomic E-state index is 7.76. The van der Waals surface area contributed by atoms with Crippen LogP contribution in [0.4, 0.5) is 0 Å². The number of aromatic nitrogens is 1. The molecule has 0 amide bonds. The molecule has 1 aliphatic carbocycles. The summed E-state index contributed by atoms with van der Waals surface area (Å²) in [7, 11) is 0. The number of nitrogens with two attached hydrogens (primary N) is 1. The molecule has 0 atom stereocenters. The molecular formula is C12H15N3. The predicted molar refractivity (Wildman–Crippen MR) is 61.0 cm³/mol. The summed E-state index contributed by atoms with van der Waals surface area (Å²) >= 11 is 0. The van der Waals surface area contributed by atoms with Crippen LogP contribution in [0.3, 0.4) is 0 Å². The van der Waals surface area contributed by atoms with Gasteiger partial charge in [0.25, 0.3) is 0 Å². The van der Waals surface area contributed by atoms with Gasteiger partial charge in [-0.25, -0.2) is 0 Å². The van der Waals surface area contributed by atoms with Crippen molar-refractivity contribution in [1.29, 1.82) is 5.41 Å². The molecule has 1 fully saturated rings. The largest absolute Gasteiger partial charge is 0.402 e. The van der Waals surface area contributed by atoms with Gasteiger partial charge in [-0.15, -0.1) is 0 Å². The number of allylic oxidation sites excluding steroid dienone is 2. The fourth-order valence-electron chi connectivity index (χ4n) is 1.50. The number of rotatable bonds is 3. The fourth-order valence-corrected chi connectivity index (χ4v) is 1.50. The smallest absolute Gasteiger partial charge is 0.0644 e. The average molecular weight is 201 g/mol. The molecule has 0 radical (unpaired) electrons. The van der Waals surface area contributed by atoms with Crippen LogP contribution >= 0.6 is 0 Å². The summed E-state index contributed by atoms with van der Waals surface area (Å²) in [6, 6.07) is 3.96. The highest BCUT2D eigenvalue weighted by molar-refractivity contribution is 6.06. The highest BCUT2D eigenvalue weighted by Crippen LogP contribution is 2.38. The zero-order chi connectivity index (χ0) is 10.8. The Kier molecular flexibility index (Phi) is 2.54. The molecule has 1 aliphatic rings. The highest BCUT2D eigenvalue weighted by atomic mass is 14.7. The fraction of sp³-hybridized carbons (Fsp3) is 0.333. The summed E-state index contributed by atoms with van der Waals surface area (Å²) in [4.78, 5) is 4.36. The lowest BCUT2D eigenvalue weighted by Gasteiger charge is -2.01. The van der Waals surface area contributed by atoms with Crippen LogP contribution in [-0.4, -0.2) is 10.7 Å². The summed E-state index contributed by atoms with van der Waals surface area (Å²) < 4.78 is 0. The molecule has 78 valence electrons. The second kappa shape index (κ2) is 3.85. The van der Waals surface area contributed by atoms with Gasteiger partial charge in [0.05, 0.1) is 5.71 Å². The molecule has 0 spiro atoms. The van der Waals surface area contributed by atoms with E-state index in [-0.39, 0.29) is 0 Å². The molecule has 0 aliphatic heterocycles. The van der Waals surface area contributed by atoms with Crippen molar-refractivity contribution < 1.29 is 0 Å². The Bertz CT molecular complexity index is 395. The van der Waals surface area contributed by atoms with Crippen LogP contribution in [0, 0.1) is 5.41 Å². The van der Waals surface area contributed by atoms with Crippen molar-refractivity contribution >= 4 is 5.71 Å². The molecule has 0 unspecified atom stereocenters. The predicted octanol–water partition coefficient (Wildman–Crippen LogP) is 2.19. The van der Waals surface area contributed by atoms with Crippen LogP contribution < -0.4 is 5.73 Å². The third kappa shape index (κ3) is 2.43. The van der Waals surface area contributed by atoms with E-state index in [1.54, 1.807) is 19.2 Å².